The van der Waals surface area contributed by atoms with Crippen molar-refractivity contribution < 1.29 is 13.2 Å². The summed E-state index contributed by atoms with van der Waals surface area (Å²) in [4.78, 5) is 4.42. The van der Waals surface area contributed by atoms with E-state index >= 15 is 0 Å². The van der Waals surface area contributed by atoms with Gasteiger partial charge in [0.05, 0.1) is 6.20 Å². The maximum absolute atomic E-state index is 12.1. The smallest absolute Gasteiger partial charge is 0.314 e. The number of rotatable bonds is 2. The molecule has 0 saturated heterocycles. The van der Waals surface area contributed by atoms with Gasteiger partial charge in [0.15, 0.2) is 3.92 Å². The monoisotopic (exact) mass is 281 g/mol. The second kappa shape index (κ2) is 3.70. The molecule has 0 aliphatic rings. The van der Waals surface area contributed by atoms with Gasteiger partial charge in [-0.2, -0.15) is 8.78 Å². The molecule has 0 aliphatic carbocycles. The summed E-state index contributed by atoms with van der Waals surface area (Å²) in [5.74, 6) is -0.618. The van der Waals surface area contributed by atoms with Crippen molar-refractivity contribution in [3.8, 4) is 10.8 Å². The highest BCUT2D eigenvalue weighted by atomic mass is 79.9. The third-order valence-corrected chi connectivity index (χ3v) is 2.78. The summed E-state index contributed by atoms with van der Waals surface area (Å²) in [7, 11) is 0. The zero-order valence-electron chi connectivity index (χ0n) is 6.45. The molecule has 74 valence electrons. The van der Waals surface area contributed by atoms with Crippen LogP contribution in [0.1, 0.15) is 12.3 Å². The third kappa shape index (κ3) is 1.80. The quantitative estimate of drug-likeness (QED) is 0.849. The van der Waals surface area contributed by atoms with Gasteiger partial charge in [0.25, 0.3) is 11.8 Å². The molecule has 4 nitrogen and oxygen atoms in total. The molecule has 0 unspecified atom stereocenters. The summed E-state index contributed by atoms with van der Waals surface area (Å²) in [5.41, 5.74) is 0. The summed E-state index contributed by atoms with van der Waals surface area (Å²) in [6, 6.07) is 0. The first-order chi connectivity index (χ1) is 6.66. The Morgan fingerprint density at radius 1 is 1.43 bits per heavy atom. The molecule has 2 aromatic rings. The largest absolute Gasteiger partial charge is 0.414 e. The Kier molecular flexibility index (Phi) is 2.55. The first-order valence-electron chi connectivity index (χ1n) is 3.40. The van der Waals surface area contributed by atoms with Crippen LogP contribution in [0.15, 0.2) is 14.5 Å². The van der Waals surface area contributed by atoms with E-state index in [1.807, 2.05) is 0 Å². The van der Waals surface area contributed by atoms with Crippen LogP contribution in [0.5, 0.6) is 0 Å². The molecule has 14 heavy (non-hydrogen) atoms. The van der Waals surface area contributed by atoms with E-state index in [1.54, 1.807) is 0 Å². The van der Waals surface area contributed by atoms with E-state index in [1.165, 1.54) is 17.5 Å². The molecular weight excluding hydrogens is 280 g/mol. The van der Waals surface area contributed by atoms with E-state index in [9.17, 15) is 8.78 Å². The van der Waals surface area contributed by atoms with Crippen molar-refractivity contribution in [1.82, 2.24) is 15.2 Å². The topological polar surface area (TPSA) is 51.8 Å². The van der Waals surface area contributed by atoms with Gasteiger partial charge in [0.2, 0.25) is 0 Å². The lowest BCUT2D eigenvalue weighted by atomic mass is 10.6. The minimum Gasteiger partial charge on any atom is -0.414 e. The molecular formula is C6H2BrF2N3OS. The van der Waals surface area contributed by atoms with Crippen molar-refractivity contribution in [2.45, 2.75) is 6.43 Å². The van der Waals surface area contributed by atoms with Gasteiger partial charge in [-0.05, 0) is 15.9 Å². The minimum atomic E-state index is -2.74. The second-order valence-corrected chi connectivity index (χ2v) is 4.53. The Hall–Kier alpha value is -0.890. The number of thiazole rings is 1. The van der Waals surface area contributed by atoms with Crippen LogP contribution in [-0.4, -0.2) is 15.2 Å². The SMILES string of the molecule is FC(F)c1nnc(-c2cnc(Br)s2)o1. The maximum atomic E-state index is 12.1. The summed E-state index contributed by atoms with van der Waals surface area (Å²) in [5, 5.41) is 6.67. The predicted molar refractivity (Wildman–Crippen MR) is 48.1 cm³/mol. The van der Waals surface area contributed by atoms with Gasteiger partial charge in [0.1, 0.15) is 4.88 Å². The Morgan fingerprint density at radius 3 is 2.71 bits per heavy atom. The molecule has 0 bridgehead atoms. The van der Waals surface area contributed by atoms with E-state index in [0.717, 1.165) is 0 Å². The summed E-state index contributed by atoms with van der Waals surface area (Å²) < 4.78 is 29.5. The zero-order chi connectivity index (χ0) is 10.1. The number of hydrogen-bond acceptors (Lipinski definition) is 5. The highest BCUT2D eigenvalue weighted by molar-refractivity contribution is 9.11. The molecule has 0 aromatic carbocycles. The van der Waals surface area contributed by atoms with E-state index in [4.69, 9.17) is 4.42 Å². The summed E-state index contributed by atoms with van der Waals surface area (Å²) in [6.45, 7) is 0. The molecule has 0 N–H and O–H groups in total. The van der Waals surface area contributed by atoms with Crippen molar-refractivity contribution in [3.05, 3.63) is 16.0 Å². The molecule has 0 saturated carbocycles. The van der Waals surface area contributed by atoms with Gasteiger partial charge in [-0.1, -0.05) is 0 Å². The van der Waals surface area contributed by atoms with E-state index in [0.29, 0.717) is 8.79 Å². The van der Waals surface area contributed by atoms with E-state index in [2.05, 4.69) is 31.1 Å². The first-order valence-corrected chi connectivity index (χ1v) is 5.01. The van der Waals surface area contributed by atoms with Gasteiger partial charge in [-0.25, -0.2) is 4.98 Å². The van der Waals surface area contributed by atoms with Gasteiger partial charge >= 0.3 is 6.43 Å². The summed E-state index contributed by atoms with van der Waals surface area (Å²) >= 11 is 4.36. The molecule has 0 amide bonds. The molecule has 2 aromatic heterocycles. The van der Waals surface area contributed by atoms with Crippen LogP contribution in [0.4, 0.5) is 8.78 Å². The maximum Gasteiger partial charge on any atom is 0.314 e. The Labute approximate surface area is 89.1 Å². The Balaban J connectivity index is 2.33. The lowest BCUT2D eigenvalue weighted by Gasteiger charge is -1.87. The van der Waals surface area contributed by atoms with Gasteiger partial charge in [-0.3, -0.25) is 0 Å². The zero-order valence-corrected chi connectivity index (χ0v) is 8.85. The number of nitrogens with zero attached hydrogens (tertiary/aromatic N) is 3. The van der Waals surface area contributed by atoms with Crippen molar-refractivity contribution in [1.29, 1.82) is 0 Å². The Bertz CT molecular complexity index is 444. The highest BCUT2D eigenvalue weighted by Crippen LogP contribution is 2.29. The van der Waals surface area contributed by atoms with Crippen LogP contribution in [0.2, 0.25) is 0 Å². The van der Waals surface area contributed by atoms with Gasteiger partial charge in [-0.15, -0.1) is 21.5 Å². The van der Waals surface area contributed by atoms with Crippen LogP contribution in [0.3, 0.4) is 0 Å². The summed E-state index contributed by atoms with van der Waals surface area (Å²) in [6.07, 6.45) is -1.27. The lowest BCUT2D eigenvalue weighted by Crippen LogP contribution is -1.81. The van der Waals surface area contributed by atoms with Gasteiger partial charge < -0.3 is 4.42 Å². The van der Waals surface area contributed by atoms with E-state index < -0.39 is 12.3 Å². The van der Waals surface area contributed by atoms with Crippen molar-refractivity contribution in [3.63, 3.8) is 0 Å². The second-order valence-electron chi connectivity index (χ2n) is 2.22. The number of alkyl halides is 2. The highest BCUT2D eigenvalue weighted by Gasteiger charge is 2.17. The first kappa shape index (κ1) is 9.66. The van der Waals surface area contributed by atoms with Crippen LogP contribution >= 0.6 is 27.3 Å². The van der Waals surface area contributed by atoms with E-state index in [-0.39, 0.29) is 5.89 Å². The van der Waals surface area contributed by atoms with Crippen molar-refractivity contribution in [2.75, 3.05) is 0 Å². The average Bonchev–Trinajstić information content (AvgIpc) is 2.70. The molecule has 0 atom stereocenters. The van der Waals surface area contributed by atoms with Crippen molar-refractivity contribution in [2.24, 2.45) is 0 Å². The fourth-order valence-corrected chi connectivity index (χ4v) is 1.96. The fourth-order valence-electron chi connectivity index (χ4n) is 0.774. The van der Waals surface area contributed by atoms with Gasteiger partial charge in [0, 0.05) is 0 Å². The van der Waals surface area contributed by atoms with Crippen LogP contribution in [-0.2, 0) is 0 Å². The molecule has 0 radical (unpaired) electrons. The lowest BCUT2D eigenvalue weighted by molar-refractivity contribution is 0.116. The minimum absolute atomic E-state index is 0.0588. The number of aromatic nitrogens is 3. The number of halogens is 3. The molecule has 0 fully saturated rings. The van der Waals surface area contributed by atoms with Crippen LogP contribution < -0.4 is 0 Å². The van der Waals surface area contributed by atoms with Crippen LogP contribution in [0, 0.1) is 0 Å². The standard InChI is InChI=1S/C6H2BrF2N3OS/c7-6-10-1-2(14-6)4-11-12-5(13-4)3(8)9/h1,3H. The van der Waals surface area contributed by atoms with Crippen molar-refractivity contribution >= 4 is 27.3 Å². The molecule has 0 spiro atoms. The number of hydrogen-bond donors (Lipinski definition) is 0. The van der Waals surface area contributed by atoms with Crippen LogP contribution in [0.25, 0.3) is 10.8 Å². The molecule has 8 heteroatoms. The molecule has 2 heterocycles. The molecule has 0 aliphatic heterocycles. The third-order valence-electron chi connectivity index (χ3n) is 1.32. The molecule has 2 rings (SSSR count). The Morgan fingerprint density at radius 2 is 2.21 bits per heavy atom. The average molecular weight is 282 g/mol. The fraction of sp³-hybridized carbons (Fsp3) is 0.167. The normalized spacial score (nSPS) is 11.1. The predicted octanol–water partition coefficient (Wildman–Crippen LogP) is 2.89.